The minimum atomic E-state index is -0.304. The second kappa shape index (κ2) is 6.49. The van der Waals surface area contributed by atoms with Gasteiger partial charge in [-0.05, 0) is 12.8 Å². The van der Waals surface area contributed by atoms with Crippen molar-refractivity contribution in [2.45, 2.75) is 38.6 Å². The van der Waals surface area contributed by atoms with Gasteiger partial charge in [0.05, 0.1) is 0 Å². The van der Waals surface area contributed by atoms with Gasteiger partial charge in [-0.15, -0.1) is 10.2 Å². The first-order valence-corrected chi connectivity index (χ1v) is 7.03. The van der Waals surface area contributed by atoms with E-state index in [1.54, 1.807) is 11.2 Å². The van der Waals surface area contributed by atoms with E-state index < -0.39 is 0 Å². The molecule has 1 aromatic rings. The molecule has 1 N–H and O–H groups in total. The second-order valence-electron chi connectivity index (χ2n) is 5.00. The first-order chi connectivity index (χ1) is 9.63. The maximum atomic E-state index is 12.1. The molecule has 110 valence electrons. The quantitative estimate of drug-likeness (QED) is 0.814. The van der Waals surface area contributed by atoms with E-state index in [-0.39, 0.29) is 17.9 Å². The van der Waals surface area contributed by atoms with E-state index in [1.807, 2.05) is 18.5 Å². The number of carbonyl (C=O) groups excluding carboxylic acids is 2. The van der Waals surface area contributed by atoms with E-state index in [9.17, 15) is 9.59 Å². The highest BCUT2D eigenvalue weighted by molar-refractivity contribution is 5.88. The summed E-state index contributed by atoms with van der Waals surface area (Å²) >= 11 is 0. The third kappa shape index (κ3) is 3.15. The van der Waals surface area contributed by atoms with E-state index in [4.69, 9.17) is 0 Å². The summed E-state index contributed by atoms with van der Waals surface area (Å²) in [6.07, 6.45) is 4.36. The lowest BCUT2D eigenvalue weighted by Crippen LogP contribution is -2.46. The number of amides is 2. The zero-order chi connectivity index (χ0) is 14.5. The Morgan fingerprint density at radius 2 is 2.30 bits per heavy atom. The highest BCUT2D eigenvalue weighted by Gasteiger charge is 2.32. The molecule has 1 saturated heterocycles. The van der Waals surface area contributed by atoms with Gasteiger partial charge in [0.15, 0.2) is 0 Å². The second-order valence-corrected chi connectivity index (χ2v) is 5.00. The molecule has 1 aliphatic rings. The Kier molecular flexibility index (Phi) is 4.70. The number of hydrogen-bond donors (Lipinski definition) is 1. The van der Waals surface area contributed by atoms with Gasteiger partial charge in [-0.25, -0.2) is 0 Å². The number of aromatic nitrogens is 3. The Balaban J connectivity index is 1.82. The summed E-state index contributed by atoms with van der Waals surface area (Å²) in [6, 6.07) is -0.304. The Labute approximate surface area is 118 Å². The maximum absolute atomic E-state index is 12.1. The predicted molar refractivity (Wildman–Crippen MR) is 72.7 cm³/mol. The van der Waals surface area contributed by atoms with Crippen molar-refractivity contribution in [3.8, 4) is 0 Å². The summed E-state index contributed by atoms with van der Waals surface area (Å²) in [5, 5.41) is 10.6. The first kappa shape index (κ1) is 14.5. The van der Waals surface area contributed by atoms with Crippen molar-refractivity contribution in [2.24, 2.45) is 7.05 Å². The van der Waals surface area contributed by atoms with E-state index in [2.05, 4.69) is 15.5 Å². The lowest BCUT2D eigenvalue weighted by atomic mass is 10.2. The molecule has 20 heavy (non-hydrogen) atoms. The lowest BCUT2D eigenvalue weighted by molar-refractivity contribution is -0.138. The molecule has 0 radical (unpaired) electrons. The molecule has 0 unspecified atom stereocenters. The molecular formula is C13H21N5O2. The topological polar surface area (TPSA) is 80.1 Å². The summed E-state index contributed by atoms with van der Waals surface area (Å²) < 4.78 is 1.83. The van der Waals surface area contributed by atoms with Crippen molar-refractivity contribution < 1.29 is 9.59 Å². The summed E-state index contributed by atoms with van der Waals surface area (Å²) in [7, 11) is 1.87. The smallest absolute Gasteiger partial charge is 0.242 e. The van der Waals surface area contributed by atoms with Crippen LogP contribution in [0.3, 0.4) is 0 Å². The fourth-order valence-corrected chi connectivity index (χ4v) is 2.49. The van der Waals surface area contributed by atoms with E-state index >= 15 is 0 Å². The summed E-state index contributed by atoms with van der Waals surface area (Å²) in [6.45, 7) is 3.02. The number of carbonyl (C=O) groups is 2. The van der Waals surface area contributed by atoms with Crippen LogP contribution in [0.4, 0.5) is 0 Å². The minimum absolute atomic E-state index is 0.0518. The Morgan fingerprint density at radius 3 is 2.95 bits per heavy atom. The zero-order valence-corrected chi connectivity index (χ0v) is 12.0. The van der Waals surface area contributed by atoms with Crippen LogP contribution in [0, 0.1) is 0 Å². The highest BCUT2D eigenvalue weighted by Crippen LogP contribution is 2.18. The van der Waals surface area contributed by atoms with Crippen LogP contribution in [-0.2, 0) is 23.1 Å². The number of likely N-dealkylation sites (tertiary alicyclic amines) is 1. The summed E-state index contributed by atoms with van der Waals surface area (Å²) in [5.74, 6) is 0.820. The maximum Gasteiger partial charge on any atom is 0.242 e. The Morgan fingerprint density at radius 1 is 1.50 bits per heavy atom. The normalized spacial score (nSPS) is 18.3. The molecule has 0 aromatic carbocycles. The van der Waals surface area contributed by atoms with Gasteiger partial charge in [0.2, 0.25) is 11.8 Å². The molecular weight excluding hydrogens is 258 g/mol. The van der Waals surface area contributed by atoms with Crippen LogP contribution in [0.25, 0.3) is 0 Å². The van der Waals surface area contributed by atoms with Gasteiger partial charge in [0, 0.05) is 33.0 Å². The molecule has 7 nitrogen and oxygen atoms in total. The number of hydrogen-bond acceptors (Lipinski definition) is 4. The molecule has 0 saturated carbocycles. The van der Waals surface area contributed by atoms with Crippen molar-refractivity contribution in [2.75, 3.05) is 13.1 Å². The van der Waals surface area contributed by atoms with Gasteiger partial charge < -0.3 is 14.8 Å². The molecule has 0 spiro atoms. The number of nitrogens with zero attached hydrogens (tertiary/aromatic N) is 4. The predicted octanol–water partition coefficient (Wildman–Crippen LogP) is -0.125. The first-order valence-electron chi connectivity index (χ1n) is 7.03. The van der Waals surface area contributed by atoms with Crippen LogP contribution < -0.4 is 5.32 Å². The number of nitrogens with one attached hydrogen (secondary N) is 1. The zero-order valence-electron chi connectivity index (χ0n) is 12.0. The molecule has 0 bridgehead atoms. The van der Waals surface area contributed by atoms with E-state index in [0.29, 0.717) is 25.9 Å². The number of aryl methyl sites for hydroxylation is 1. The monoisotopic (exact) mass is 279 g/mol. The van der Waals surface area contributed by atoms with Crippen LogP contribution in [0.5, 0.6) is 0 Å². The fraction of sp³-hybridized carbons (Fsp3) is 0.692. The molecule has 2 amide bonds. The average molecular weight is 279 g/mol. The van der Waals surface area contributed by atoms with Crippen LogP contribution in [0.1, 0.15) is 32.0 Å². The van der Waals surface area contributed by atoms with Crippen LogP contribution in [0.2, 0.25) is 0 Å². The Bertz CT molecular complexity index is 485. The molecule has 1 fully saturated rings. The van der Waals surface area contributed by atoms with E-state index in [0.717, 1.165) is 18.7 Å². The Hall–Kier alpha value is -1.92. The third-order valence-electron chi connectivity index (χ3n) is 3.63. The highest BCUT2D eigenvalue weighted by atomic mass is 16.2. The molecule has 0 aliphatic carbocycles. The fourth-order valence-electron chi connectivity index (χ4n) is 2.49. The molecule has 2 rings (SSSR count). The third-order valence-corrected chi connectivity index (χ3v) is 3.63. The SMILES string of the molecule is CCC(=O)N1CCC[C@H]1C(=O)NCCc1nncn1C. The summed E-state index contributed by atoms with van der Waals surface area (Å²) in [4.78, 5) is 25.6. The van der Waals surface area contributed by atoms with Gasteiger partial charge in [-0.3, -0.25) is 9.59 Å². The lowest BCUT2D eigenvalue weighted by Gasteiger charge is -2.23. The minimum Gasteiger partial charge on any atom is -0.354 e. The molecule has 7 heteroatoms. The molecule has 1 atom stereocenters. The molecule has 1 aromatic heterocycles. The number of rotatable bonds is 5. The van der Waals surface area contributed by atoms with Crippen molar-refractivity contribution in [1.29, 1.82) is 0 Å². The summed E-state index contributed by atoms with van der Waals surface area (Å²) in [5.41, 5.74) is 0. The van der Waals surface area contributed by atoms with Crippen molar-refractivity contribution in [3.63, 3.8) is 0 Å². The van der Waals surface area contributed by atoms with Crippen LogP contribution >= 0.6 is 0 Å². The van der Waals surface area contributed by atoms with E-state index in [1.165, 1.54) is 0 Å². The van der Waals surface area contributed by atoms with Gasteiger partial charge in [-0.2, -0.15) is 0 Å². The average Bonchev–Trinajstić information content (AvgIpc) is 3.07. The molecule has 2 heterocycles. The van der Waals surface area contributed by atoms with Gasteiger partial charge in [0.1, 0.15) is 18.2 Å². The largest absolute Gasteiger partial charge is 0.354 e. The van der Waals surface area contributed by atoms with Gasteiger partial charge in [0.25, 0.3) is 0 Å². The van der Waals surface area contributed by atoms with Crippen LogP contribution in [-0.4, -0.2) is 50.6 Å². The van der Waals surface area contributed by atoms with Crippen molar-refractivity contribution in [1.82, 2.24) is 25.0 Å². The van der Waals surface area contributed by atoms with Gasteiger partial charge >= 0.3 is 0 Å². The van der Waals surface area contributed by atoms with Crippen LogP contribution in [0.15, 0.2) is 6.33 Å². The van der Waals surface area contributed by atoms with Gasteiger partial charge in [-0.1, -0.05) is 6.92 Å². The van der Waals surface area contributed by atoms with Crippen molar-refractivity contribution >= 4 is 11.8 Å². The van der Waals surface area contributed by atoms with Crippen molar-refractivity contribution in [3.05, 3.63) is 12.2 Å². The standard InChI is InChI=1S/C13H21N5O2/c1-3-12(19)18-8-4-5-10(18)13(20)14-7-6-11-16-15-9-17(11)2/h9-10H,3-8H2,1-2H3,(H,14,20)/t10-/m0/s1. The molecule has 1 aliphatic heterocycles.